The Labute approximate surface area is 388 Å². The average Bonchev–Trinajstić information content (AvgIpc) is 3.93. The van der Waals surface area contributed by atoms with Gasteiger partial charge in [-0.2, -0.15) is 0 Å². The van der Waals surface area contributed by atoms with Gasteiger partial charge in [0.1, 0.15) is 11.2 Å². The summed E-state index contributed by atoms with van der Waals surface area (Å²) in [4.78, 5) is 2.44. The van der Waals surface area contributed by atoms with E-state index in [1.807, 2.05) is 6.07 Å². The lowest BCUT2D eigenvalue weighted by Crippen LogP contribution is -2.28. The molecule has 13 aromatic rings. The van der Waals surface area contributed by atoms with Crippen LogP contribution in [0.25, 0.3) is 87.3 Å². The molecule has 0 saturated heterocycles. The van der Waals surface area contributed by atoms with Crippen LogP contribution in [0.3, 0.4) is 0 Å². The maximum absolute atomic E-state index is 6.41. The van der Waals surface area contributed by atoms with E-state index in [0.29, 0.717) is 0 Å². The maximum Gasteiger partial charge on any atom is 0.136 e. The van der Waals surface area contributed by atoms with Crippen LogP contribution >= 0.6 is 0 Å². The van der Waals surface area contributed by atoms with Crippen LogP contribution in [0.4, 0.5) is 17.1 Å². The highest BCUT2D eigenvalue weighted by Gasteiger charge is 2.46. The second kappa shape index (κ2) is 14.7. The van der Waals surface area contributed by atoms with Gasteiger partial charge >= 0.3 is 0 Å². The summed E-state index contributed by atoms with van der Waals surface area (Å²) in [5.74, 6) is 0. The lowest BCUT2D eigenvalue weighted by Gasteiger charge is -2.35. The smallest absolute Gasteiger partial charge is 0.136 e. The van der Waals surface area contributed by atoms with Gasteiger partial charge in [-0.15, -0.1) is 0 Å². The van der Waals surface area contributed by atoms with Gasteiger partial charge in [0.05, 0.1) is 5.41 Å². The summed E-state index contributed by atoms with van der Waals surface area (Å²) in [5.41, 5.74) is 14.6. The first-order chi connectivity index (χ1) is 33.2. The fourth-order valence-corrected chi connectivity index (χ4v) is 11.7. The van der Waals surface area contributed by atoms with Gasteiger partial charge in [-0.25, -0.2) is 0 Å². The number of rotatable bonds is 6. The fourth-order valence-electron chi connectivity index (χ4n) is 11.7. The van der Waals surface area contributed by atoms with Crippen molar-refractivity contribution in [2.24, 2.45) is 0 Å². The Bertz CT molecular complexity index is 4020. The van der Waals surface area contributed by atoms with Crippen LogP contribution in [0.2, 0.25) is 0 Å². The Morgan fingerprint density at radius 1 is 0.299 bits per heavy atom. The van der Waals surface area contributed by atoms with E-state index < -0.39 is 5.41 Å². The highest BCUT2D eigenvalue weighted by Crippen LogP contribution is 2.57. The van der Waals surface area contributed by atoms with Crippen LogP contribution in [0.15, 0.2) is 253 Å². The molecule has 1 aliphatic carbocycles. The summed E-state index contributed by atoms with van der Waals surface area (Å²) < 4.78 is 6.41. The molecule has 0 N–H and O–H groups in total. The quantitative estimate of drug-likeness (QED) is 0.155. The van der Waals surface area contributed by atoms with Crippen molar-refractivity contribution in [1.29, 1.82) is 0 Å². The number of hydrogen-bond acceptors (Lipinski definition) is 2. The normalized spacial score (nSPS) is 12.9. The highest BCUT2D eigenvalue weighted by atomic mass is 16.3. The Hall–Kier alpha value is -8.72. The molecule has 0 fully saturated rings. The first kappa shape index (κ1) is 37.6. The second-order valence-electron chi connectivity index (χ2n) is 17.9. The van der Waals surface area contributed by atoms with Crippen LogP contribution in [0.5, 0.6) is 0 Å². The second-order valence-corrected chi connectivity index (χ2v) is 17.9. The monoisotopic (exact) mass is 851 g/mol. The van der Waals surface area contributed by atoms with Crippen molar-refractivity contribution in [3.05, 3.63) is 271 Å². The molecule has 0 amide bonds. The van der Waals surface area contributed by atoms with Crippen molar-refractivity contribution in [2.45, 2.75) is 5.41 Å². The fraction of sp³-hybridized carbons (Fsp3) is 0.0154. The molecule has 0 aliphatic heterocycles. The van der Waals surface area contributed by atoms with Gasteiger partial charge in [-0.05, 0) is 137 Å². The van der Waals surface area contributed by atoms with E-state index in [-0.39, 0.29) is 0 Å². The van der Waals surface area contributed by atoms with Crippen LogP contribution in [0, 0.1) is 0 Å². The van der Waals surface area contributed by atoms with Crippen molar-refractivity contribution < 1.29 is 4.42 Å². The Balaban J connectivity index is 0.973. The largest absolute Gasteiger partial charge is 0.456 e. The van der Waals surface area contributed by atoms with E-state index in [2.05, 4.69) is 248 Å². The number of fused-ring (bicyclic) bond motifs is 14. The van der Waals surface area contributed by atoms with Crippen LogP contribution in [0.1, 0.15) is 22.3 Å². The van der Waals surface area contributed by atoms with Gasteiger partial charge in [0.15, 0.2) is 0 Å². The Kier molecular flexibility index (Phi) is 8.23. The number of para-hydroxylation sites is 1. The molecule has 1 aliphatic rings. The topological polar surface area (TPSA) is 16.4 Å². The summed E-state index contributed by atoms with van der Waals surface area (Å²) in [5, 5.41) is 12.2. The molecule has 14 rings (SSSR count). The van der Waals surface area contributed by atoms with Crippen LogP contribution in [-0.4, -0.2) is 0 Å². The molecule has 312 valence electrons. The average molecular weight is 852 g/mol. The zero-order valence-corrected chi connectivity index (χ0v) is 36.5. The van der Waals surface area contributed by atoms with E-state index >= 15 is 0 Å². The molecule has 1 aromatic heterocycles. The number of furan rings is 1. The van der Waals surface area contributed by atoms with Gasteiger partial charge in [-0.1, -0.05) is 194 Å². The maximum atomic E-state index is 6.41. The minimum absolute atomic E-state index is 0.513. The van der Waals surface area contributed by atoms with Gasteiger partial charge in [0, 0.05) is 33.2 Å². The molecule has 0 unspecified atom stereocenters. The van der Waals surface area contributed by atoms with E-state index in [1.54, 1.807) is 0 Å². The summed E-state index contributed by atoms with van der Waals surface area (Å²) in [7, 11) is 0. The SMILES string of the molecule is c1ccc(C2(c3ccccc3)c3ccccc3-c3ccc(N(c4ccc(-c5cccc6c7ccc8oc9ccccc9c8c7c7ccccc7c56)cc4)c4ccc5ccccc5c4)cc32)cc1. The number of nitrogens with zero attached hydrogens (tertiary/aromatic N) is 1. The van der Waals surface area contributed by atoms with Crippen molar-refractivity contribution >= 4 is 82.1 Å². The van der Waals surface area contributed by atoms with Crippen molar-refractivity contribution in [1.82, 2.24) is 0 Å². The summed E-state index contributed by atoms with van der Waals surface area (Å²) in [6, 6.07) is 91.4. The van der Waals surface area contributed by atoms with Gasteiger partial charge in [-0.3, -0.25) is 0 Å². The number of benzene rings is 12. The molecule has 2 nitrogen and oxygen atoms in total. The lowest BCUT2D eigenvalue weighted by molar-refractivity contribution is 0.669. The molecule has 0 atom stereocenters. The van der Waals surface area contributed by atoms with E-state index in [0.717, 1.165) is 33.6 Å². The molecule has 0 spiro atoms. The lowest BCUT2D eigenvalue weighted by atomic mass is 9.67. The van der Waals surface area contributed by atoms with E-state index in [9.17, 15) is 0 Å². The van der Waals surface area contributed by atoms with Crippen molar-refractivity contribution in [2.75, 3.05) is 4.90 Å². The predicted molar refractivity (Wildman–Crippen MR) is 281 cm³/mol. The third-order valence-electron chi connectivity index (χ3n) is 14.5. The summed E-state index contributed by atoms with van der Waals surface area (Å²) in [6.07, 6.45) is 0. The molecule has 2 heteroatoms. The molecule has 67 heavy (non-hydrogen) atoms. The minimum atomic E-state index is -0.513. The third kappa shape index (κ3) is 5.51. The first-order valence-electron chi connectivity index (χ1n) is 23.2. The first-order valence-corrected chi connectivity index (χ1v) is 23.2. The van der Waals surface area contributed by atoms with Crippen molar-refractivity contribution in [3.8, 4) is 22.3 Å². The molecule has 12 aromatic carbocycles. The molecule has 0 bridgehead atoms. The summed E-state index contributed by atoms with van der Waals surface area (Å²) >= 11 is 0. The molecule has 0 radical (unpaired) electrons. The zero-order chi connectivity index (χ0) is 44.1. The molecule has 1 heterocycles. The Morgan fingerprint density at radius 3 is 1.63 bits per heavy atom. The summed E-state index contributed by atoms with van der Waals surface area (Å²) in [6.45, 7) is 0. The molecule has 0 saturated carbocycles. The highest BCUT2D eigenvalue weighted by molar-refractivity contribution is 6.36. The van der Waals surface area contributed by atoms with Crippen LogP contribution in [-0.2, 0) is 5.41 Å². The number of hydrogen-bond donors (Lipinski definition) is 0. The Morgan fingerprint density at radius 2 is 0.851 bits per heavy atom. The minimum Gasteiger partial charge on any atom is -0.456 e. The molecular formula is C65H41NO. The predicted octanol–water partition coefficient (Wildman–Crippen LogP) is 17.7. The number of anilines is 3. The standard InChI is InChI=1S/C65H41NO/c1-3-18-45(19-4-1)65(46-20-5-2-6-21-46)58-28-13-11-22-51(58)52-37-36-49(41-59(52)65)66(48-35-30-42-16-7-8-17-44(42)40-48)47-33-31-43(32-34-47)50-26-15-27-54-56-38-39-61-64(57-25-12-14-29-60(57)67-61)63(56)55-24-10-9-23-53(55)62(50)54/h1-41H. The van der Waals surface area contributed by atoms with Crippen LogP contribution < -0.4 is 4.90 Å². The zero-order valence-electron chi connectivity index (χ0n) is 36.5. The van der Waals surface area contributed by atoms with E-state index in [4.69, 9.17) is 4.42 Å². The van der Waals surface area contributed by atoms with Gasteiger partial charge in [0.25, 0.3) is 0 Å². The van der Waals surface area contributed by atoms with E-state index in [1.165, 1.54) is 93.0 Å². The van der Waals surface area contributed by atoms with Crippen molar-refractivity contribution in [3.63, 3.8) is 0 Å². The molecular weight excluding hydrogens is 811 g/mol. The van der Waals surface area contributed by atoms with Gasteiger partial charge in [0.2, 0.25) is 0 Å². The van der Waals surface area contributed by atoms with Gasteiger partial charge < -0.3 is 9.32 Å². The third-order valence-corrected chi connectivity index (χ3v) is 14.5.